The van der Waals surface area contributed by atoms with Crippen LogP contribution in [0.2, 0.25) is 0 Å². The third-order valence-corrected chi connectivity index (χ3v) is 4.40. The summed E-state index contributed by atoms with van der Waals surface area (Å²) in [4.78, 5) is 0. The average Bonchev–Trinajstić information content (AvgIpc) is 1.99. The molecule has 0 aromatic rings. The van der Waals surface area contributed by atoms with E-state index in [1.54, 1.807) is 0 Å². The van der Waals surface area contributed by atoms with E-state index in [9.17, 15) is 16.8 Å². The highest BCUT2D eigenvalue weighted by Gasteiger charge is 2.31. The van der Waals surface area contributed by atoms with Gasteiger partial charge in [0.1, 0.15) is 5.37 Å². The molecule has 2 atom stereocenters. The van der Waals surface area contributed by atoms with Crippen LogP contribution in [0.4, 0.5) is 0 Å². The summed E-state index contributed by atoms with van der Waals surface area (Å²) < 4.78 is 55.2. The lowest BCUT2D eigenvalue weighted by Crippen LogP contribution is -2.38. The summed E-state index contributed by atoms with van der Waals surface area (Å²) in [5, 5.41) is -1.21. The monoisotopic (exact) mass is 247 g/mol. The van der Waals surface area contributed by atoms with Crippen molar-refractivity contribution in [1.29, 1.82) is 0 Å². The van der Waals surface area contributed by atoms with Gasteiger partial charge in [-0.25, -0.2) is 12.6 Å². The van der Waals surface area contributed by atoms with Crippen molar-refractivity contribution >= 4 is 20.2 Å². The van der Waals surface area contributed by atoms with Gasteiger partial charge in [-0.3, -0.25) is 4.55 Å². The van der Waals surface area contributed by atoms with E-state index in [2.05, 4.69) is 4.18 Å². The molecule has 0 heterocycles. The van der Waals surface area contributed by atoms with E-state index in [-0.39, 0.29) is 6.42 Å². The van der Waals surface area contributed by atoms with Crippen LogP contribution in [0.1, 0.15) is 20.3 Å². The third kappa shape index (κ3) is 3.88. The zero-order valence-corrected chi connectivity index (χ0v) is 9.38. The summed E-state index contributed by atoms with van der Waals surface area (Å²) in [5.41, 5.74) is 3.54. The molecule has 14 heavy (non-hydrogen) atoms. The minimum absolute atomic E-state index is 0.126. The van der Waals surface area contributed by atoms with Crippen molar-refractivity contribution in [1.82, 2.24) is 0 Å². The Labute approximate surface area is 83.1 Å². The lowest BCUT2D eigenvalue weighted by molar-refractivity contribution is 0.250. The van der Waals surface area contributed by atoms with Gasteiger partial charge in [-0.1, -0.05) is 6.92 Å². The van der Waals surface area contributed by atoms with Crippen molar-refractivity contribution < 1.29 is 25.6 Å². The standard InChI is InChI=1S/C5H13NO6S2/c1-3-5(6)13(7,8)4(2)12-14(9,10)11/h4-5H,3,6H2,1-2H3,(H,9,10,11). The molecule has 7 nitrogen and oxygen atoms in total. The SMILES string of the molecule is CCC(N)S(=O)(=O)C(C)OS(=O)(=O)O. The van der Waals surface area contributed by atoms with E-state index in [4.69, 9.17) is 10.3 Å². The number of nitrogens with two attached hydrogens (primary N) is 1. The summed E-state index contributed by atoms with van der Waals surface area (Å²) in [6.45, 7) is 2.51. The molecule has 0 aliphatic carbocycles. The highest BCUT2D eigenvalue weighted by atomic mass is 32.3. The van der Waals surface area contributed by atoms with Crippen molar-refractivity contribution in [2.45, 2.75) is 31.1 Å². The third-order valence-electron chi connectivity index (χ3n) is 1.54. The fraction of sp³-hybridized carbons (Fsp3) is 1.00. The quantitative estimate of drug-likeness (QED) is 0.613. The molecular formula is C5H13NO6S2. The molecule has 0 rings (SSSR count). The van der Waals surface area contributed by atoms with Crippen LogP contribution >= 0.6 is 0 Å². The van der Waals surface area contributed by atoms with Gasteiger partial charge in [-0.05, 0) is 13.3 Å². The molecule has 0 aromatic carbocycles. The van der Waals surface area contributed by atoms with Gasteiger partial charge >= 0.3 is 10.4 Å². The Kier molecular flexibility index (Phi) is 4.46. The molecule has 0 saturated carbocycles. The van der Waals surface area contributed by atoms with E-state index in [1.807, 2.05) is 0 Å². The average molecular weight is 247 g/mol. The number of sulfone groups is 1. The second kappa shape index (κ2) is 4.53. The minimum Gasteiger partial charge on any atom is -0.315 e. The molecule has 9 heteroatoms. The van der Waals surface area contributed by atoms with Gasteiger partial charge < -0.3 is 5.73 Å². The van der Waals surface area contributed by atoms with Gasteiger partial charge in [-0.15, -0.1) is 0 Å². The second-order valence-corrected chi connectivity index (χ2v) is 6.12. The highest BCUT2D eigenvalue weighted by Crippen LogP contribution is 2.11. The fourth-order valence-electron chi connectivity index (χ4n) is 0.704. The highest BCUT2D eigenvalue weighted by molar-refractivity contribution is 7.93. The molecule has 0 aliphatic heterocycles. The van der Waals surface area contributed by atoms with Crippen LogP contribution in [-0.2, 0) is 24.4 Å². The summed E-state index contributed by atoms with van der Waals surface area (Å²) in [6, 6.07) is 0. The maximum Gasteiger partial charge on any atom is 0.398 e. The molecule has 0 saturated heterocycles. The van der Waals surface area contributed by atoms with E-state index in [0.29, 0.717) is 0 Å². The smallest absolute Gasteiger partial charge is 0.315 e. The van der Waals surface area contributed by atoms with Crippen molar-refractivity contribution in [3.63, 3.8) is 0 Å². The Morgan fingerprint density at radius 2 is 1.79 bits per heavy atom. The second-order valence-electron chi connectivity index (χ2n) is 2.63. The number of hydrogen-bond acceptors (Lipinski definition) is 6. The first-order valence-electron chi connectivity index (χ1n) is 3.75. The molecular weight excluding hydrogens is 234 g/mol. The molecule has 0 radical (unpaired) electrons. The summed E-state index contributed by atoms with van der Waals surface area (Å²) >= 11 is 0. The number of rotatable bonds is 5. The van der Waals surface area contributed by atoms with Crippen molar-refractivity contribution in [3.8, 4) is 0 Å². The van der Waals surface area contributed by atoms with Gasteiger partial charge in [0.2, 0.25) is 0 Å². The van der Waals surface area contributed by atoms with Crippen LogP contribution in [0, 0.1) is 0 Å². The Balaban J connectivity index is 4.78. The lowest BCUT2D eigenvalue weighted by atomic mass is 10.5. The van der Waals surface area contributed by atoms with Crippen LogP contribution in [0.15, 0.2) is 0 Å². The van der Waals surface area contributed by atoms with Crippen molar-refractivity contribution in [3.05, 3.63) is 0 Å². The Bertz CT molecular complexity index is 371. The predicted octanol–water partition coefficient (Wildman–Crippen LogP) is -0.739. The summed E-state index contributed by atoms with van der Waals surface area (Å²) in [6.07, 6.45) is 0.126. The molecule has 2 unspecified atom stereocenters. The van der Waals surface area contributed by atoms with Gasteiger partial charge in [0.05, 0.1) is 0 Å². The summed E-state index contributed by atoms with van der Waals surface area (Å²) in [5.74, 6) is 0. The fourth-order valence-corrected chi connectivity index (χ4v) is 2.74. The van der Waals surface area contributed by atoms with Gasteiger partial charge in [-0.2, -0.15) is 8.42 Å². The van der Waals surface area contributed by atoms with Gasteiger partial charge in [0, 0.05) is 0 Å². The number of hydrogen-bond donors (Lipinski definition) is 2. The van der Waals surface area contributed by atoms with E-state index < -0.39 is 31.0 Å². The van der Waals surface area contributed by atoms with Crippen LogP contribution in [0.5, 0.6) is 0 Å². The molecule has 0 aromatic heterocycles. The van der Waals surface area contributed by atoms with Gasteiger partial charge in [0.15, 0.2) is 15.3 Å². The van der Waals surface area contributed by atoms with Crippen LogP contribution in [0.25, 0.3) is 0 Å². The maximum absolute atomic E-state index is 11.3. The molecule has 0 amide bonds. The zero-order valence-electron chi connectivity index (χ0n) is 7.74. The Morgan fingerprint density at radius 1 is 1.36 bits per heavy atom. The van der Waals surface area contributed by atoms with Crippen LogP contribution in [0.3, 0.4) is 0 Å². The first kappa shape index (κ1) is 13.8. The lowest BCUT2D eigenvalue weighted by Gasteiger charge is -2.15. The topological polar surface area (TPSA) is 124 Å². The molecule has 0 fully saturated rings. The molecule has 0 bridgehead atoms. The van der Waals surface area contributed by atoms with Gasteiger partial charge in [0.25, 0.3) is 0 Å². The first-order chi connectivity index (χ1) is 6.11. The molecule has 0 aliphatic rings. The molecule has 3 N–H and O–H groups in total. The van der Waals surface area contributed by atoms with E-state index >= 15 is 0 Å². The predicted molar refractivity (Wildman–Crippen MR) is 49.3 cm³/mol. The Hall–Kier alpha value is -0.220. The molecule has 86 valence electrons. The zero-order chi connectivity index (χ0) is 11.6. The van der Waals surface area contributed by atoms with E-state index in [1.165, 1.54) is 6.92 Å². The Morgan fingerprint density at radius 3 is 2.07 bits per heavy atom. The van der Waals surface area contributed by atoms with Crippen molar-refractivity contribution in [2.24, 2.45) is 5.73 Å². The minimum atomic E-state index is -4.78. The van der Waals surface area contributed by atoms with Crippen LogP contribution < -0.4 is 5.73 Å². The maximum atomic E-state index is 11.3. The summed E-state index contributed by atoms with van der Waals surface area (Å²) in [7, 11) is -8.69. The van der Waals surface area contributed by atoms with E-state index in [0.717, 1.165) is 6.92 Å². The first-order valence-corrected chi connectivity index (χ1v) is 6.72. The molecule has 0 spiro atoms. The van der Waals surface area contributed by atoms with Crippen LogP contribution in [-0.4, -0.2) is 32.2 Å². The van der Waals surface area contributed by atoms with Crippen molar-refractivity contribution in [2.75, 3.05) is 0 Å². The largest absolute Gasteiger partial charge is 0.398 e. The normalized spacial score (nSPS) is 17.7.